The van der Waals surface area contributed by atoms with Gasteiger partial charge in [0, 0.05) is 12.5 Å². The van der Waals surface area contributed by atoms with Gasteiger partial charge in [-0.05, 0) is 66.8 Å². The summed E-state index contributed by atoms with van der Waals surface area (Å²) in [5.41, 5.74) is 2.16. The molecule has 1 saturated carbocycles. The molecule has 166 valence electrons. The van der Waals surface area contributed by atoms with Crippen molar-refractivity contribution in [2.24, 2.45) is 5.92 Å². The van der Waals surface area contributed by atoms with Crippen molar-refractivity contribution in [2.75, 3.05) is 27.4 Å². The maximum Gasteiger partial charge on any atom is 0.226 e. The fourth-order valence-corrected chi connectivity index (χ4v) is 4.76. The summed E-state index contributed by atoms with van der Waals surface area (Å²) in [7, 11) is 3.24. The van der Waals surface area contributed by atoms with Gasteiger partial charge in [0.1, 0.15) is 18.2 Å². The highest BCUT2D eigenvalue weighted by molar-refractivity contribution is 5.80. The molecule has 31 heavy (non-hydrogen) atoms. The lowest BCUT2D eigenvalue weighted by Crippen LogP contribution is -2.45. The molecule has 2 aromatic rings. The average molecular weight is 428 g/mol. The Balaban J connectivity index is 1.64. The number of rotatable bonds is 6. The van der Waals surface area contributed by atoms with E-state index in [1.165, 1.54) is 18.6 Å². The summed E-state index contributed by atoms with van der Waals surface area (Å²) in [5.74, 6) is 1.91. The summed E-state index contributed by atoms with van der Waals surface area (Å²) in [5, 5.41) is 0. The number of nitrogens with zero attached hydrogens (tertiary/aromatic N) is 1. The van der Waals surface area contributed by atoms with E-state index >= 15 is 0 Å². The van der Waals surface area contributed by atoms with Crippen molar-refractivity contribution in [2.45, 2.75) is 44.6 Å². The Kier molecular flexibility index (Phi) is 6.64. The first kappa shape index (κ1) is 21.5. The van der Waals surface area contributed by atoms with Gasteiger partial charge >= 0.3 is 0 Å². The lowest BCUT2D eigenvalue weighted by molar-refractivity contribution is -0.140. The molecule has 0 radical (unpaired) electrons. The van der Waals surface area contributed by atoms with Crippen molar-refractivity contribution in [3.05, 3.63) is 53.3 Å². The van der Waals surface area contributed by atoms with E-state index in [2.05, 4.69) is 0 Å². The first-order valence-corrected chi connectivity index (χ1v) is 11.0. The number of hydrogen-bond donors (Lipinski definition) is 0. The van der Waals surface area contributed by atoms with Crippen LogP contribution in [0.2, 0.25) is 0 Å². The predicted molar refractivity (Wildman–Crippen MR) is 116 cm³/mol. The van der Waals surface area contributed by atoms with Gasteiger partial charge < -0.3 is 19.1 Å². The highest BCUT2D eigenvalue weighted by Crippen LogP contribution is 2.40. The molecule has 2 aromatic carbocycles. The molecular weight excluding hydrogens is 397 g/mol. The van der Waals surface area contributed by atoms with E-state index in [0.29, 0.717) is 30.4 Å². The lowest BCUT2D eigenvalue weighted by atomic mass is 9.86. The second kappa shape index (κ2) is 9.58. The van der Waals surface area contributed by atoms with Crippen molar-refractivity contribution in [1.29, 1.82) is 0 Å². The molecule has 1 aliphatic heterocycles. The number of carbonyl (C=O) groups is 1. The summed E-state index contributed by atoms with van der Waals surface area (Å²) in [4.78, 5) is 15.5. The topological polar surface area (TPSA) is 48.0 Å². The number of amides is 1. The minimum atomic E-state index is -0.304. The zero-order chi connectivity index (χ0) is 21.8. The van der Waals surface area contributed by atoms with Crippen molar-refractivity contribution < 1.29 is 23.4 Å². The Morgan fingerprint density at radius 1 is 1.03 bits per heavy atom. The smallest absolute Gasteiger partial charge is 0.226 e. The van der Waals surface area contributed by atoms with Crippen LogP contribution in [0.15, 0.2) is 36.4 Å². The molecule has 2 aliphatic rings. The highest BCUT2D eigenvalue weighted by atomic mass is 19.1. The van der Waals surface area contributed by atoms with E-state index in [1.54, 1.807) is 26.4 Å². The van der Waals surface area contributed by atoms with Crippen LogP contribution < -0.4 is 14.2 Å². The van der Waals surface area contributed by atoms with Crippen LogP contribution in [-0.4, -0.2) is 38.2 Å². The summed E-state index contributed by atoms with van der Waals surface area (Å²) < 4.78 is 30.3. The predicted octanol–water partition coefficient (Wildman–Crippen LogP) is 4.93. The summed E-state index contributed by atoms with van der Waals surface area (Å²) >= 11 is 0. The van der Waals surface area contributed by atoms with Crippen LogP contribution in [0.5, 0.6) is 17.2 Å². The average Bonchev–Trinajstić information content (AvgIpc) is 2.82. The maximum atomic E-state index is 13.5. The molecule has 1 atom stereocenters. The van der Waals surface area contributed by atoms with E-state index in [-0.39, 0.29) is 23.7 Å². The molecule has 1 amide bonds. The van der Waals surface area contributed by atoms with E-state index in [1.807, 2.05) is 17.0 Å². The van der Waals surface area contributed by atoms with Gasteiger partial charge in [0.25, 0.3) is 0 Å². The summed E-state index contributed by atoms with van der Waals surface area (Å²) in [6, 6.07) is 9.71. The molecule has 4 rings (SSSR count). The Labute approximate surface area is 183 Å². The fourth-order valence-electron chi connectivity index (χ4n) is 4.76. The third-order valence-corrected chi connectivity index (χ3v) is 6.46. The summed E-state index contributed by atoms with van der Waals surface area (Å²) in [6.45, 7) is 0.946. The normalized spacial score (nSPS) is 18.9. The van der Waals surface area contributed by atoms with Crippen LogP contribution in [0.4, 0.5) is 4.39 Å². The largest absolute Gasteiger partial charge is 0.493 e. The van der Waals surface area contributed by atoms with Gasteiger partial charge in [-0.3, -0.25) is 4.79 Å². The highest BCUT2D eigenvalue weighted by Gasteiger charge is 2.36. The van der Waals surface area contributed by atoms with E-state index in [4.69, 9.17) is 14.2 Å². The number of ether oxygens (including phenoxy) is 3. The molecule has 0 N–H and O–H groups in total. The molecule has 0 aromatic heterocycles. The first-order chi connectivity index (χ1) is 15.1. The number of carbonyl (C=O) groups excluding carboxylic acids is 1. The molecule has 1 aliphatic carbocycles. The van der Waals surface area contributed by atoms with Gasteiger partial charge in [0.15, 0.2) is 11.5 Å². The van der Waals surface area contributed by atoms with Crippen LogP contribution >= 0.6 is 0 Å². The molecule has 0 bridgehead atoms. The monoisotopic (exact) mass is 427 g/mol. The van der Waals surface area contributed by atoms with Gasteiger partial charge in [-0.25, -0.2) is 4.39 Å². The molecule has 0 spiro atoms. The minimum absolute atomic E-state index is 0.0868. The molecular formula is C25H30FNO4. The Bertz CT molecular complexity index is 908. The second-order valence-electron chi connectivity index (χ2n) is 8.30. The van der Waals surface area contributed by atoms with Crippen LogP contribution in [0.3, 0.4) is 0 Å². The number of hydrogen-bond acceptors (Lipinski definition) is 4. The molecule has 1 heterocycles. The summed E-state index contributed by atoms with van der Waals surface area (Å²) in [6.07, 6.45) is 6.12. The van der Waals surface area contributed by atoms with Crippen LogP contribution in [0.1, 0.15) is 49.3 Å². The third kappa shape index (κ3) is 4.63. The number of halogens is 1. The maximum absolute atomic E-state index is 13.5. The SMILES string of the molecule is COc1cc2c(cc1OC)[C@@H](COc1ccc(F)cc1)N(C(=O)C1CCCCC1)CC2. The van der Waals surface area contributed by atoms with E-state index in [9.17, 15) is 9.18 Å². The van der Waals surface area contributed by atoms with Crippen LogP contribution in [0, 0.1) is 11.7 Å². The second-order valence-corrected chi connectivity index (χ2v) is 8.30. The lowest BCUT2D eigenvalue weighted by Gasteiger charge is -2.40. The van der Waals surface area contributed by atoms with Crippen LogP contribution in [-0.2, 0) is 11.2 Å². The van der Waals surface area contributed by atoms with E-state index < -0.39 is 0 Å². The quantitative estimate of drug-likeness (QED) is 0.656. The van der Waals surface area contributed by atoms with Gasteiger partial charge in [-0.2, -0.15) is 0 Å². The molecule has 0 unspecified atom stereocenters. The standard InChI is InChI=1S/C25H30FNO4/c1-29-23-14-18-12-13-27(25(28)17-6-4-3-5-7-17)22(21(18)15-24(23)30-2)16-31-20-10-8-19(26)9-11-20/h8-11,14-15,17,22H,3-7,12-13,16H2,1-2H3/t22-/m1/s1. The number of methoxy groups -OCH3 is 2. The van der Waals surface area contributed by atoms with Gasteiger partial charge in [-0.15, -0.1) is 0 Å². The van der Waals surface area contributed by atoms with Gasteiger partial charge in [-0.1, -0.05) is 19.3 Å². The van der Waals surface area contributed by atoms with Crippen molar-refractivity contribution in [1.82, 2.24) is 4.90 Å². The van der Waals surface area contributed by atoms with Gasteiger partial charge in [0.2, 0.25) is 5.91 Å². The number of fused-ring (bicyclic) bond motifs is 1. The first-order valence-electron chi connectivity index (χ1n) is 11.0. The molecule has 6 heteroatoms. The minimum Gasteiger partial charge on any atom is -0.493 e. The zero-order valence-electron chi connectivity index (χ0n) is 18.2. The Hall–Kier alpha value is -2.76. The Morgan fingerprint density at radius 2 is 1.71 bits per heavy atom. The van der Waals surface area contributed by atoms with Crippen molar-refractivity contribution in [3.8, 4) is 17.2 Å². The zero-order valence-corrected chi connectivity index (χ0v) is 18.2. The molecule has 1 fully saturated rings. The van der Waals surface area contributed by atoms with Crippen molar-refractivity contribution in [3.63, 3.8) is 0 Å². The third-order valence-electron chi connectivity index (χ3n) is 6.46. The van der Waals surface area contributed by atoms with E-state index in [0.717, 1.165) is 43.2 Å². The number of benzene rings is 2. The Morgan fingerprint density at radius 3 is 2.39 bits per heavy atom. The van der Waals surface area contributed by atoms with Crippen molar-refractivity contribution >= 4 is 5.91 Å². The van der Waals surface area contributed by atoms with Crippen LogP contribution in [0.25, 0.3) is 0 Å². The molecule has 0 saturated heterocycles. The van der Waals surface area contributed by atoms with Gasteiger partial charge in [0.05, 0.1) is 20.3 Å². The molecule has 5 nitrogen and oxygen atoms in total. The fraction of sp³-hybridized carbons (Fsp3) is 0.480.